The van der Waals surface area contributed by atoms with Crippen molar-refractivity contribution < 1.29 is 14.3 Å². The van der Waals surface area contributed by atoms with Crippen LogP contribution in [0.15, 0.2) is 0 Å². The molecule has 0 aliphatic heterocycles. The number of esters is 1. The topological polar surface area (TPSA) is 46.6 Å². The van der Waals surface area contributed by atoms with Gasteiger partial charge in [0.05, 0.1) is 7.11 Å². The number of carbonyl (C=O) groups is 2. The summed E-state index contributed by atoms with van der Waals surface area (Å²) < 4.78 is 4.79. The summed E-state index contributed by atoms with van der Waals surface area (Å²) in [6, 6.07) is 0. The summed E-state index contributed by atoms with van der Waals surface area (Å²) in [5.74, 6) is 0.214. The summed E-state index contributed by atoms with van der Waals surface area (Å²) in [7, 11) is 3.14. The number of amides is 1. The van der Waals surface area contributed by atoms with E-state index in [4.69, 9.17) is 4.74 Å². The molecule has 0 aromatic carbocycles. The quantitative estimate of drug-likeness (QED) is 0.540. The van der Waals surface area contributed by atoms with Gasteiger partial charge in [0.2, 0.25) is 5.91 Å². The molecule has 0 aromatic heterocycles. The molecule has 1 amide bonds. The summed E-state index contributed by atoms with van der Waals surface area (Å²) in [4.78, 5) is 25.8. The van der Waals surface area contributed by atoms with Crippen LogP contribution in [-0.2, 0) is 14.3 Å². The van der Waals surface area contributed by atoms with Gasteiger partial charge in [0, 0.05) is 13.6 Å². The van der Waals surface area contributed by atoms with Gasteiger partial charge in [-0.15, -0.1) is 0 Å². The number of methoxy groups -OCH3 is 1. The monoisotopic (exact) mass is 255 g/mol. The van der Waals surface area contributed by atoms with Crippen LogP contribution < -0.4 is 0 Å². The SMILES string of the molecule is COC(=O)C1(C(=O)N(C)CCCC(C)C)CCC1. The van der Waals surface area contributed by atoms with E-state index >= 15 is 0 Å². The van der Waals surface area contributed by atoms with Crippen LogP contribution in [0.5, 0.6) is 0 Å². The van der Waals surface area contributed by atoms with E-state index in [1.54, 1.807) is 11.9 Å². The number of ether oxygens (including phenoxy) is 1. The molecule has 0 radical (unpaired) electrons. The fourth-order valence-electron chi connectivity index (χ4n) is 2.43. The standard InChI is InChI=1S/C14H25NO3/c1-11(2)7-5-10-15(3)12(16)14(8-6-9-14)13(17)18-4/h11H,5-10H2,1-4H3. The van der Waals surface area contributed by atoms with Crippen LogP contribution in [0.4, 0.5) is 0 Å². The molecule has 1 saturated carbocycles. The minimum atomic E-state index is -0.874. The Morgan fingerprint density at radius 3 is 2.33 bits per heavy atom. The number of rotatable bonds is 6. The Hall–Kier alpha value is -1.06. The Morgan fingerprint density at radius 2 is 1.94 bits per heavy atom. The molecule has 18 heavy (non-hydrogen) atoms. The number of hydrogen-bond donors (Lipinski definition) is 0. The van der Waals surface area contributed by atoms with Crippen LogP contribution in [0.2, 0.25) is 0 Å². The number of nitrogens with zero attached hydrogens (tertiary/aromatic N) is 1. The fraction of sp³-hybridized carbons (Fsp3) is 0.857. The Labute approximate surface area is 110 Å². The van der Waals surface area contributed by atoms with Crippen LogP contribution in [0, 0.1) is 11.3 Å². The van der Waals surface area contributed by atoms with Crippen molar-refractivity contribution in [2.75, 3.05) is 20.7 Å². The highest BCUT2D eigenvalue weighted by Gasteiger charge is 2.53. The van der Waals surface area contributed by atoms with E-state index in [1.165, 1.54) is 7.11 Å². The summed E-state index contributed by atoms with van der Waals surface area (Å²) in [6.45, 7) is 5.06. The molecule has 1 rings (SSSR count). The zero-order valence-corrected chi connectivity index (χ0v) is 12.0. The second-order valence-corrected chi connectivity index (χ2v) is 5.69. The van der Waals surface area contributed by atoms with E-state index in [-0.39, 0.29) is 11.9 Å². The molecule has 1 aliphatic rings. The maximum atomic E-state index is 12.3. The average Bonchev–Trinajstić information content (AvgIpc) is 2.26. The van der Waals surface area contributed by atoms with Gasteiger partial charge in [0.15, 0.2) is 0 Å². The summed E-state index contributed by atoms with van der Waals surface area (Å²) in [5, 5.41) is 0. The Kier molecular flexibility index (Phi) is 5.17. The largest absolute Gasteiger partial charge is 0.468 e. The molecular weight excluding hydrogens is 230 g/mol. The third kappa shape index (κ3) is 3.03. The van der Waals surface area contributed by atoms with Crippen molar-refractivity contribution in [3.8, 4) is 0 Å². The zero-order valence-electron chi connectivity index (χ0n) is 12.0. The van der Waals surface area contributed by atoms with E-state index in [0.29, 0.717) is 18.8 Å². The van der Waals surface area contributed by atoms with Crippen molar-refractivity contribution in [2.45, 2.75) is 46.0 Å². The van der Waals surface area contributed by atoms with Gasteiger partial charge in [-0.2, -0.15) is 0 Å². The van der Waals surface area contributed by atoms with Crippen LogP contribution >= 0.6 is 0 Å². The molecule has 0 bridgehead atoms. The summed E-state index contributed by atoms with van der Waals surface area (Å²) >= 11 is 0. The van der Waals surface area contributed by atoms with Gasteiger partial charge < -0.3 is 9.64 Å². The van der Waals surface area contributed by atoms with Crippen LogP contribution in [-0.4, -0.2) is 37.5 Å². The van der Waals surface area contributed by atoms with Crippen molar-refractivity contribution >= 4 is 11.9 Å². The second kappa shape index (κ2) is 6.21. The molecule has 0 unspecified atom stereocenters. The maximum Gasteiger partial charge on any atom is 0.321 e. The molecule has 0 heterocycles. The van der Waals surface area contributed by atoms with E-state index in [2.05, 4.69) is 13.8 Å². The first-order chi connectivity index (χ1) is 8.44. The van der Waals surface area contributed by atoms with E-state index in [9.17, 15) is 9.59 Å². The minimum Gasteiger partial charge on any atom is -0.468 e. The lowest BCUT2D eigenvalue weighted by Gasteiger charge is -2.39. The molecule has 1 aliphatic carbocycles. The Bertz CT molecular complexity index is 308. The molecule has 0 saturated heterocycles. The molecule has 0 atom stereocenters. The van der Waals surface area contributed by atoms with Crippen molar-refractivity contribution in [1.82, 2.24) is 4.90 Å². The normalized spacial score (nSPS) is 17.2. The molecule has 1 fully saturated rings. The molecule has 0 N–H and O–H groups in total. The first-order valence-corrected chi connectivity index (χ1v) is 6.78. The highest BCUT2D eigenvalue weighted by Crippen LogP contribution is 2.43. The van der Waals surface area contributed by atoms with Gasteiger partial charge in [-0.3, -0.25) is 9.59 Å². The third-order valence-electron chi connectivity index (χ3n) is 3.81. The first kappa shape index (κ1) is 15.0. The lowest BCUT2D eigenvalue weighted by molar-refractivity contribution is -0.169. The van der Waals surface area contributed by atoms with Crippen LogP contribution in [0.1, 0.15) is 46.0 Å². The maximum absolute atomic E-state index is 12.3. The van der Waals surface area contributed by atoms with Crippen LogP contribution in [0.3, 0.4) is 0 Å². The lowest BCUT2D eigenvalue weighted by atomic mass is 9.67. The fourth-order valence-corrected chi connectivity index (χ4v) is 2.43. The van der Waals surface area contributed by atoms with Gasteiger partial charge >= 0.3 is 5.97 Å². The Balaban J connectivity index is 2.54. The molecule has 0 spiro atoms. The average molecular weight is 255 g/mol. The van der Waals surface area contributed by atoms with E-state index in [0.717, 1.165) is 25.8 Å². The summed E-state index contributed by atoms with van der Waals surface area (Å²) in [6.07, 6.45) is 4.28. The van der Waals surface area contributed by atoms with Gasteiger partial charge in [-0.25, -0.2) is 0 Å². The van der Waals surface area contributed by atoms with E-state index < -0.39 is 5.41 Å². The van der Waals surface area contributed by atoms with Gasteiger partial charge in [0.25, 0.3) is 0 Å². The van der Waals surface area contributed by atoms with Crippen LogP contribution in [0.25, 0.3) is 0 Å². The van der Waals surface area contributed by atoms with Gasteiger partial charge in [-0.1, -0.05) is 20.3 Å². The van der Waals surface area contributed by atoms with Gasteiger partial charge in [-0.05, 0) is 31.6 Å². The third-order valence-corrected chi connectivity index (χ3v) is 3.81. The lowest BCUT2D eigenvalue weighted by Crippen LogP contribution is -2.52. The zero-order chi connectivity index (χ0) is 13.8. The van der Waals surface area contributed by atoms with Crippen molar-refractivity contribution in [2.24, 2.45) is 11.3 Å². The highest BCUT2D eigenvalue weighted by atomic mass is 16.5. The first-order valence-electron chi connectivity index (χ1n) is 6.78. The molecule has 0 aromatic rings. The van der Waals surface area contributed by atoms with Crippen molar-refractivity contribution in [1.29, 1.82) is 0 Å². The summed E-state index contributed by atoms with van der Waals surface area (Å²) in [5.41, 5.74) is -0.874. The number of carbonyl (C=O) groups excluding carboxylic acids is 2. The van der Waals surface area contributed by atoms with Gasteiger partial charge in [0.1, 0.15) is 5.41 Å². The molecule has 104 valence electrons. The van der Waals surface area contributed by atoms with E-state index in [1.807, 2.05) is 0 Å². The second-order valence-electron chi connectivity index (χ2n) is 5.69. The highest BCUT2D eigenvalue weighted by molar-refractivity contribution is 6.03. The predicted molar refractivity (Wildman–Crippen MR) is 70.0 cm³/mol. The molecule has 4 nitrogen and oxygen atoms in total. The minimum absolute atomic E-state index is 0.0654. The molecule has 4 heteroatoms. The molecular formula is C14H25NO3. The smallest absolute Gasteiger partial charge is 0.321 e. The number of hydrogen-bond acceptors (Lipinski definition) is 3. The predicted octanol–water partition coefficient (Wildman–Crippen LogP) is 2.22. The Morgan fingerprint density at radius 1 is 1.33 bits per heavy atom. The van der Waals surface area contributed by atoms with Crippen molar-refractivity contribution in [3.05, 3.63) is 0 Å². The van der Waals surface area contributed by atoms with Crippen molar-refractivity contribution in [3.63, 3.8) is 0 Å².